The number of nitrogens with zero attached hydrogens (tertiary/aromatic N) is 2. The lowest BCUT2D eigenvalue weighted by atomic mass is 10.1. The van der Waals surface area contributed by atoms with Crippen LogP contribution >= 0.6 is 11.3 Å². The lowest BCUT2D eigenvalue weighted by molar-refractivity contribution is 1.04. The first-order chi connectivity index (χ1) is 10.3. The minimum atomic E-state index is 0.732. The highest BCUT2D eigenvalue weighted by molar-refractivity contribution is 7.12. The molecule has 3 aromatic rings. The zero-order valence-corrected chi connectivity index (χ0v) is 13.0. The summed E-state index contributed by atoms with van der Waals surface area (Å²) >= 11 is 1.86. The van der Waals surface area contributed by atoms with E-state index in [2.05, 4.69) is 45.6 Å². The van der Waals surface area contributed by atoms with E-state index in [-0.39, 0.29) is 0 Å². The zero-order valence-electron chi connectivity index (χ0n) is 12.2. The number of thiophene rings is 1. The number of H-pyrrole nitrogens is 1. The topological polar surface area (TPSA) is 53.6 Å². The van der Waals surface area contributed by atoms with Crippen LogP contribution in [0.15, 0.2) is 36.4 Å². The van der Waals surface area contributed by atoms with Gasteiger partial charge in [-0.2, -0.15) is 5.10 Å². The molecule has 0 atom stereocenters. The van der Waals surface area contributed by atoms with Crippen LogP contribution in [0.5, 0.6) is 0 Å². The number of nitrogens with one attached hydrogen (secondary N) is 2. The number of anilines is 1. The van der Waals surface area contributed by atoms with Gasteiger partial charge >= 0.3 is 0 Å². The van der Waals surface area contributed by atoms with Crippen molar-refractivity contribution >= 4 is 17.0 Å². The van der Waals surface area contributed by atoms with E-state index >= 15 is 0 Å². The average molecular weight is 298 g/mol. The standard InChI is InChI=1S/C16H18N4S/c1-3-12-8-9-13(21-12)10-17-15-7-5-4-6-14(15)16-18-11(2)19-20-16/h4-9,17H,3,10H2,1-2H3,(H,18,19,20). The van der Waals surface area contributed by atoms with E-state index in [0.29, 0.717) is 0 Å². The fourth-order valence-corrected chi connectivity index (χ4v) is 3.08. The van der Waals surface area contributed by atoms with Crippen LogP contribution in [0.1, 0.15) is 22.5 Å². The molecule has 0 amide bonds. The van der Waals surface area contributed by atoms with Gasteiger partial charge in [0, 0.05) is 27.5 Å². The Labute approximate surface area is 128 Å². The van der Waals surface area contributed by atoms with Gasteiger partial charge in [0.25, 0.3) is 0 Å². The molecule has 0 saturated heterocycles. The number of rotatable bonds is 5. The second kappa shape index (κ2) is 6.10. The number of hydrogen-bond donors (Lipinski definition) is 2. The van der Waals surface area contributed by atoms with Crippen LogP contribution in [0.25, 0.3) is 11.4 Å². The average Bonchev–Trinajstić information content (AvgIpc) is 3.14. The van der Waals surface area contributed by atoms with Crippen LogP contribution in [0.2, 0.25) is 0 Å². The van der Waals surface area contributed by atoms with Crippen molar-refractivity contribution < 1.29 is 0 Å². The van der Waals surface area contributed by atoms with Gasteiger partial charge in [0.1, 0.15) is 5.82 Å². The summed E-state index contributed by atoms with van der Waals surface area (Å²) in [6, 6.07) is 12.5. The Morgan fingerprint density at radius 3 is 2.67 bits per heavy atom. The van der Waals surface area contributed by atoms with E-state index in [0.717, 1.165) is 35.9 Å². The number of hydrogen-bond acceptors (Lipinski definition) is 4. The molecule has 0 aliphatic heterocycles. The summed E-state index contributed by atoms with van der Waals surface area (Å²) in [6.45, 7) is 4.92. The van der Waals surface area contributed by atoms with Crippen molar-refractivity contribution in [3.8, 4) is 11.4 Å². The van der Waals surface area contributed by atoms with Gasteiger partial charge in [-0.1, -0.05) is 19.1 Å². The Kier molecular flexibility index (Phi) is 4.01. The molecule has 2 N–H and O–H groups in total. The quantitative estimate of drug-likeness (QED) is 0.748. The molecule has 2 heterocycles. The summed E-state index contributed by atoms with van der Waals surface area (Å²) in [5.41, 5.74) is 2.08. The van der Waals surface area contributed by atoms with E-state index in [9.17, 15) is 0 Å². The van der Waals surface area contributed by atoms with Gasteiger partial charge < -0.3 is 5.32 Å². The van der Waals surface area contributed by atoms with Gasteiger partial charge in [0.05, 0.1) is 0 Å². The Bertz CT molecular complexity index is 729. The predicted octanol–water partition coefficient (Wildman–Crippen LogP) is 4.02. The van der Waals surface area contributed by atoms with E-state index in [4.69, 9.17) is 0 Å². The van der Waals surface area contributed by atoms with E-state index < -0.39 is 0 Å². The maximum absolute atomic E-state index is 4.41. The molecule has 21 heavy (non-hydrogen) atoms. The molecular formula is C16H18N4S. The van der Waals surface area contributed by atoms with E-state index in [1.807, 2.05) is 36.5 Å². The molecule has 0 fully saturated rings. The highest BCUT2D eigenvalue weighted by Crippen LogP contribution is 2.26. The summed E-state index contributed by atoms with van der Waals surface area (Å²) in [5.74, 6) is 1.56. The summed E-state index contributed by atoms with van der Waals surface area (Å²) in [5, 5.41) is 10.6. The van der Waals surface area contributed by atoms with Crippen molar-refractivity contribution in [2.45, 2.75) is 26.8 Å². The van der Waals surface area contributed by atoms with Crippen molar-refractivity contribution in [3.63, 3.8) is 0 Å². The maximum atomic E-state index is 4.41. The molecule has 5 heteroatoms. The molecule has 0 aliphatic carbocycles. The summed E-state index contributed by atoms with van der Waals surface area (Å²) < 4.78 is 0. The number of aryl methyl sites for hydroxylation is 2. The third kappa shape index (κ3) is 3.13. The first-order valence-corrected chi connectivity index (χ1v) is 7.87. The van der Waals surface area contributed by atoms with Gasteiger partial charge in [0.2, 0.25) is 0 Å². The summed E-state index contributed by atoms with van der Waals surface area (Å²) in [7, 11) is 0. The zero-order chi connectivity index (χ0) is 14.7. The maximum Gasteiger partial charge on any atom is 0.183 e. The van der Waals surface area contributed by atoms with Crippen LogP contribution < -0.4 is 5.32 Å². The van der Waals surface area contributed by atoms with Gasteiger partial charge in [-0.05, 0) is 37.6 Å². The monoisotopic (exact) mass is 298 g/mol. The van der Waals surface area contributed by atoms with Crippen molar-refractivity contribution in [2.75, 3.05) is 5.32 Å². The molecule has 0 radical (unpaired) electrons. The lowest BCUT2D eigenvalue weighted by Crippen LogP contribution is -1.99. The first kappa shape index (κ1) is 13.8. The summed E-state index contributed by atoms with van der Waals surface area (Å²) in [6.07, 6.45) is 1.09. The van der Waals surface area contributed by atoms with Crippen molar-refractivity contribution in [3.05, 3.63) is 52.0 Å². The summed E-state index contributed by atoms with van der Waals surface area (Å²) in [4.78, 5) is 7.17. The molecule has 1 aromatic carbocycles. The minimum Gasteiger partial charge on any atom is -0.380 e. The molecule has 2 aromatic heterocycles. The van der Waals surface area contributed by atoms with Gasteiger partial charge in [-0.3, -0.25) is 5.10 Å². The van der Waals surface area contributed by atoms with Crippen molar-refractivity contribution in [2.24, 2.45) is 0 Å². The third-order valence-electron chi connectivity index (χ3n) is 3.28. The molecular weight excluding hydrogens is 280 g/mol. The molecule has 0 unspecified atom stereocenters. The minimum absolute atomic E-state index is 0.732. The Balaban J connectivity index is 1.79. The van der Waals surface area contributed by atoms with Gasteiger partial charge in [0.15, 0.2) is 5.82 Å². The highest BCUT2D eigenvalue weighted by Gasteiger charge is 2.09. The molecule has 0 bridgehead atoms. The molecule has 108 valence electrons. The Morgan fingerprint density at radius 1 is 1.14 bits per heavy atom. The molecule has 4 nitrogen and oxygen atoms in total. The molecule has 0 saturated carbocycles. The van der Waals surface area contributed by atoms with Crippen LogP contribution in [-0.2, 0) is 13.0 Å². The third-order valence-corrected chi connectivity index (χ3v) is 4.51. The SMILES string of the molecule is CCc1ccc(CNc2ccccc2-c2n[nH]c(C)n2)s1. The molecule has 0 spiro atoms. The van der Waals surface area contributed by atoms with Crippen LogP contribution in [0.3, 0.4) is 0 Å². The largest absolute Gasteiger partial charge is 0.380 e. The fraction of sp³-hybridized carbons (Fsp3) is 0.250. The fourth-order valence-electron chi connectivity index (χ4n) is 2.19. The normalized spacial score (nSPS) is 10.8. The van der Waals surface area contributed by atoms with Gasteiger partial charge in [-0.25, -0.2) is 4.98 Å². The Morgan fingerprint density at radius 2 is 1.95 bits per heavy atom. The molecule has 3 rings (SSSR count). The second-order valence-electron chi connectivity index (χ2n) is 4.87. The Hall–Kier alpha value is -2.14. The van der Waals surface area contributed by atoms with Crippen molar-refractivity contribution in [1.82, 2.24) is 15.2 Å². The van der Waals surface area contributed by atoms with Crippen molar-refractivity contribution in [1.29, 1.82) is 0 Å². The molecule has 0 aliphatic rings. The van der Waals surface area contributed by atoms with Crippen LogP contribution in [0.4, 0.5) is 5.69 Å². The second-order valence-corrected chi connectivity index (χ2v) is 6.12. The predicted molar refractivity (Wildman–Crippen MR) is 87.6 cm³/mol. The number of aromatic amines is 1. The number of benzene rings is 1. The smallest absolute Gasteiger partial charge is 0.183 e. The van der Waals surface area contributed by atoms with Crippen LogP contribution in [0, 0.1) is 6.92 Å². The first-order valence-electron chi connectivity index (χ1n) is 7.06. The highest BCUT2D eigenvalue weighted by atomic mass is 32.1. The lowest BCUT2D eigenvalue weighted by Gasteiger charge is -2.08. The number of aromatic nitrogens is 3. The van der Waals surface area contributed by atoms with Gasteiger partial charge in [-0.15, -0.1) is 11.3 Å². The van der Waals surface area contributed by atoms with E-state index in [1.54, 1.807) is 0 Å². The van der Waals surface area contributed by atoms with Crippen LogP contribution in [-0.4, -0.2) is 15.2 Å². The number of para-hydroxylation sites is 1. The van der Waals surface area contributed by atoms with E-state index in [1.165, 1.54) is 9.75 Å².